The number of rotatable bonds is 1. The van der Waals surface area contributed by atoms with Crippen LogP contribution in [0.2, 0.25) is 0 Å². The first-order valence-corrected chi connectivity index (χ1v) is 9.67. The number of amides is 1. The molecule has 6 aliphatic rings. The molecule has 23 heavy (non-hydrogen) atoms. The molecule has 1 N–H and O–H groups in total. The van der Waals surface area contributed by atoms with Crippen LogP contribution in [-0.2, 0) is 4.79 Å². The maximum Gasteiger partial charge on any atom is 0.228 e. The van der Waals surface area contributed by atoms with Crippen molar-refractivity contribution < 1.29 is 4.79 Å². The number of halogens is 1. The van der Waals surface area contributed by atoms with Gasteiger partial charge in [-0.1, -0.05) is 0 Å². The Hall–Kier alpha value is -0.280. The Morgan fingerprint density at radius 3 is 2.04 bits per heavy atom. The highest BCUT2D eigenvalue weighted by Gasteiger charge is 2.56. The lowest BCUT2D eigenvalue weighted by Gasteiger charge is -2.56. The molecule has 4 heteroatoms. The van der Waals surface area contributed by atoms with Crippen molar-refractivity contribution >= 4 is 18.3 Å². The lowest BCUT2D eigenvalue weighted by atomic mass is 9.49. The third-order valence-electron chi connectivity index (χ3n) is 7.88. The SMILES string of the molecule is Cl.O=C(N1CCC2(CCNCC2)C1)C12CC3CC(CC(C3)C1)C2. The van der Waals surface area contributed by atoms with Crippen LogP contribution in [0.4, 0.5) is 0 Å². The molecule has 6 fully saturated rings. The van der Waals surface area contributed by atoms with Crippen molar-refractivity contribution in [2.24, 2.45) is 28.6 Å². The first-order chi connectivity index (χ1) is 10.7. The Bertz CT molecular complexity index is 450. The Morgan fingerprint density at radius 2 is 1.48 bits per heavy atom. The average Bonchev–Trinajstić information content (AvgIpc) is 2.89. The van der Waals surface area contributed by atoms with Crippen LogP contribution in [0.3, 0.4) is 0 Å². The van der Waals surface area contributed by atoms with E-state index >= 15 is 0 Å². The number of piperidine rings is 1. The van der Waals surface area contributed by atoms with Gasteiger partial charge in [-0.05, 0) is 94.0 Å². The van der Waals surface area contributed by atoms with Crippen LogP contribution >= 0.6 is 12.4 Å². The summed E-state index contributed by atoms with van der Waals surface area (Å²) in [6, 6.07) is 0. The fourth-order valence-electron chi connectivity index (χ4n) is 7.18. The van der Waals surface area contributed by atoms with Gasteiger partial charge in [-0.3, -0.25) is 4.79 Å². The molecule has 0 unspecified atom stereocenters. The van der Waals surface area contributed by atoms with Gasteiger partial charge in [0.15, 0.2) is 0 Å². The molecule has 0 aromatic carbocycles. The minimum absolute atomic E-state index is 0. The van der Waals surface area contributed by atoms with E-state index in [1.165, 1.54) is 57.8 Å². The Kier molecular flexibility index (Phi) is 3.96. The van der Waals surface area contributed by atoms with Gasteiger partial charge < -0.3 is 10.2 Å². The van der Waals surface area contributed by atoms with Gasteiger partial charge in [0.2, 0.25) is 5.91 Å². The molecule has 1 amide bonds. The lowest BCUT2D eigenvalue weighted by molar-refractivity contribution is -0.157. The predicted octanol–water partition coefficient (Wildman–Crippen LogP) is 3.23. The molecule has 3 nitrogen and oxygen atoms in total. The second-order valence-corrected chi connectivity index (χ2v) is 9.42. The molecule has 130 valence electrons. The molecule has 4 bridgehead atoms. The number of likely N-dealkylation sites (tertiary alicyclic amines) is 1. The van der Waals surface area contributed by atoms with Crippen LogP contribution in [0.25, 0.3) is 0 Å². The number of carbonyl (C=O) groups excluding carboxylic acids is 1. The first kappa shape index (κ1) is 16.2. The smallest absolute Gasteiger partial charge is 0.228 e. The van der Waals surface area contributed by atoms with Gasteiger partial charge >= 0.3 is 0 Å². The van der Waals surface area contributed by atoms with Gasteiger partial charge in [-0.2, -0.15) is 0 Å². The monoisotopic (exact) mass is 338 g/mol. The molecule has 4 saturated carbocycles. The zero-order valence-corrected chi connectivity index (χ0v) is 15.0. The summed E-state index contributed by atoms with van der Waals surface area (Å²) in [5, 5.41) is 3.49. The van der Waals surface area contributed by atoms with E-state index in [4.69, 9.17) is 0 Å². The maximum atomic E-state index is 13.4. The molecule has 0 aromatic rings. The van der Waals surface area contributed by atoms with E-state index in [1.54, 1.807) is 0 Å². The molecule has 2 heterocycles. The zero-order chi connectivity index (χ0) is 14.8. The molecule has 0 radical (unpaired) electrons. The molecule has 2 saturated heterocycles. The third kappa shape index (κ3) is 2.54. The van der Waals surface area contributed by atoms with Crippen LogP contribution in [0.5, 0.6) is 0 Å². The normalized spacial score (nSPS) is 43.7. The highest BCUT2D eigenvalue weighted by molar-refractivity contribution is 5.85. The highest BCUT2D eigenvalue weighted by atomic mass is 35.5. The number of nitrogens with one attached hydrogen (secondary N) is 1. The summed E-state index contributed by atoms with van der Waals surface area (Å²) in [5.41, 5.74) is 0.538. The number of hydrogen-bond acceptors (Lipinski definition) is 2. The van der Waals surface area contributed by atoms with Crippen LogP contribution in [0.1, 0.15) is 57.8 Å². The van der Waals surface area contributed by atoms with E-state index in [2.05, 4.69) is 10.2 Å². The van der Waals surface area contributed by atoms with E-state index in [0.29, 0.717) is 11.3 Å². The van der Waals surface area contributed by atoms with Crippen LogP contribution in [0, 0.1) is 28.6 Å². The van der Waals surface area contributed by atoms with E-state index in [9.17, 15) is 4.79 Å². The number of nitrogens with zero attached hydrogens (tertiary/aromatic N) is 1. The van der Waals surface area contributed by atoms with Crippen LogP contribution < -0.4 is 5.32 Å². The summed E-state index contributed by atoms with van der Waals surface area (Å²) in [4.78, 5) is 15.7. The Labute approximate surface area is 146 Å². The quantitative estimate of drug-likeness (QED) is 0.796. The van der Waals surface area contributed by atoms with Gasteiger partial charge in [-0.25, -0.2) is 0 Å². The third-order valence-corrected chi connectivity index (χ3v) is 7.88. The van der Waals surface area contributed by atoms with Gasteiger partial charge in [0.05, 0.1) is 5.41 Å². The number of hydrogen-bond donors (Lipinski definition) is 1. The zero-order valence-electron chi connectivity index (χ0n) is 14.2. The van der Waals surface area contributed by atoms with Crippen molar-refractivity contribution in [1.29, 1.82) is 0 Å². The highest BCUT2D eigenvalue weighted by Crippen LogP contribution is 2.61. The van der Waals surface area contributed by atoms with E-state index in [0.717, 1.165) is 43.9 Å². The lowest BCUT2D eigenvalue weighted by Crippen LogP contribution is -2.54. The summed E-state index contributed by atoms with van der Waals surface area (Å²) in [5.74, 6) is 3.21. The second kappa shape index (κ2) is 5.62. The average molecular weight is 339 g/mol. The van der Waals surface area contributed by atoms with Crippen molar-refractivity contribution in [2.75, 3.05) is 26.2 Å². The fraction of sp³-hybridized carbons (Fsp3) is 0.947. The Morgan fingerprint density at radius 1 is 0.913 bits per heavy atom. The van der Waals surface area contributed by atoms with E-state index in [1.807, 2.05) is 0 Å². The number of carbonyl (C=O) groups is 1. The summed E-state index contributed by atoms with van der Waals surface area (Å²) >= 11 is 0. The second-order valence-electron chi connectivity index (χ2n) is 9.42. The molecular weight excluding hydrogens is 308 g/mol. The molecule has 0 aromatic heterocycles. The summed E-state index contributed by atoms with van der Waals surface area (Å²) in [7, 11) is 0. The molecule has 2 aliphatic heterocycles. The first-order valence-electron chi connectivity index (χ1n) is 9.67. The maximum absolute atomic E-state index is 13.4. The largest absolute Gasteiger partial charge is 0.342 e. The minimum Gasteiger partial charge on any atom is -0.342 e. The fourth-order valence-corrected chi connectivity index (χ4v) is 7.18. The molecule has 0 atom stereocenters. The van der Waals surface area contributed by atoms with Gasteiger partial charge in [0, 0.05) is 13.1 Å². The van der Waals surface area contributed by atoms with Crippen LogP contribution in [0.15, 0.2) is 0 Å². The minimum atomic E-state index is 0. The van der Waals surface area contributed by atoms with E-state index < -0.39 is 0 Å². The topological polar surface area (TPSA) is 32.3 Å². The van der Waals surface area contributed by atoms with Crippen molar-refractivity contribution in [3.63, 3.8) is 0 Å². The van der Waals surface area contributed by atoms with Crippen molar-refractivity contribution in [3.05, 3.63) is 0 Å². The van der Waals surface area contributed by atoms with Gasteiger partial charge in [0.1, 0.15) is 0 Å². The molecule has 4 aliphatic carbocycles. The summed E-state index contributed by atoms with van der Waals surface area (Å²) in [6.07, 6.45) is 11.8. The van der Waals surface area contributed by atoms with E-state index in [-0.39, 0.29) is 17.8 Å². The standard InChI is InChI=1S/C19H30N2O.ClH/c22-17(21-6-3-18(13-21)1-4-20-5-2-18)19-10-14-7-15(11-19)9-16(8-14)12-19;/h14-16,20H,1-13H2;1H. The molecule has 6 rings (SSSR count). The Balaban J connectivity index is 0.00000135. The summed E-state index contributed by atoms with van der Waals surface area (Å²) < 4.78 is 0. The van der Waals surface area contributed by atoms with Crippen molar-refractivity contribution in [2.45, 2.75) is 57.8 Å². The predicted molar refractivity (Wildman–Crippen MR) is 93.6 cm³/mol. The van der Waals surface area contributed by atoms with Crippen molar-refractivity contribution in [1.82, 2.24) is 10.2 Å². The van der Waals surface area contributed by atoms with Gasteiger partial charge in [-0.15, -0.1) is 12.4 Å². The van der Waals surface area contributed by atoms with Gasteiger partial charge in [0.25, 0.3) is 0 Å². The van der Waals surface area contributed by atoms with Crippen LogP contribution in [-0.4, -0.2) is 37.0 Å². The molecule has 1 spiro atoms. The molecular formula is C19H31ClN2O. The van der Waals surface area contributed by atoms with Crippen molar-refractivity contribution in [3.8, 4) is 0 Å². The summed E-state index contributed by atoms with van der Waals surface area (Å²) in [6.45, 7) is 4.41.